The topological polar surface area (TPSA) is 65.7 Å². The molecule has 0 bridgehead atoms. The molecule has 1 saturated heterocycles. The van der Waals surface area contributed by atoms with Crippen molar-refractivity contribution in [3.8, 4) is 0 Å². The van der Waals surface area contributed by atoms with Gasteiger partial charge in [-0.3, -0.25) is 9.89 Å². The molecule has 0 amide bonds. The van der Waals surface area contributed by atoms with Gasteiger partial charge < -0.3 is 15.2 Å². The molecule has 1 aromatic rings. The monoisotopic (exact) mass is 477 g/mol. The number of nitrogens with one attached hydrogen (secondary N) is 2. The van der Waals surface area contributed by atoms with Crippen LogP contribution in [0, 0.1) is 5.92 Å². The van der Waals surface area contributed by atoms with Crippen molar-refractivity contribution < 1.29 is 4.52 Å². The maximum Gasteiger partial charge on any atom is 0.191 e. The molecule has 0 aliphatic carbocycles. The van der Waals surface area contributed by atoms with Crippen molar-refractivity contribution in [2.45, 2.75) is 66.0 Å². The molecular formula is C19H36IN5O. The van der Waals surface area contributed by atoms with Gasteiger partial charge in [0.2, 0.25) is 0 Å². The summed E-state index contributed by atoms with van der Waals surface area (Å²) in [6.07, 6.45) is 4.31. The molecule has 2 heterocycles. The van der Waals surface area contributed by atoms with Crippen LogP contribution in [0.15, 0.2) is 9.52 Å². The molecule has 150 valence electrons. The SMILES string of the molecule is CCc1noc(CC)c1CNC(=NC)NC[C@H]1CCCN1CC(C)C.I. The summed E-state index contributed by atoms with van der Waals surface area (Å²) < 4.78 is 5.44. The van der Waals surface area contributed by atoms with Crippen molar-refractivity contribution in [3.63, 3.8) is 0 Å². The number of nitrogens with zero attached hydrogens (tertiary/aromatic N) is 3. The molecule has 2 N–H and O–H groups in total. The Balaban J connectivity index is 0.00000338. The van der Waals surface area contributed by atoms with E-state index in [0.717, 1.165) is 36.8 Å². The third-order valence-corrected chi connectivity index (χ3v) is 4.87. The van der Waals surface area contributed by atoms with Gasteiger partial charge >= 0.3 is 0 Å². The molecule has 6 nitrogen and oxygen atoms in total. The van der Waals surface area contributed by atoms with E-state index in [1.165, 1.54) is 31.5 Å². The van der Waals surface area contributed by atoms with E-state index in [4.69, 9.17) is 4.52 Å². The molecule has 2 rings (SSSR count). The average Bonchev–Trinajstić information content (AvgIpc) is 3.20. The number of aliphatic imine (C=N–C) groups is 1. The summed E-state index contributed by atoms with van der Waals surface area (Å²) in [4.78, 5) is 6.98. The normalized spacial score (nSPS) is 18.2. The van der Waals surface area contributed by atoms with Crippen LogP contribution in [-0.2, 0) is 19.4 Å². The van der Waals surface area contributed by atoms with Crippen LogP contribution in [-0.4, -0.2) is 48.7 Å². The second-order valence-electron chi connectivity index (χ2n) is 7.23. The van der Waals surface area contributed by atoms with Gasteiger partial charge in [-0.15, -0.1) is 24.0 Å². The summed E-state index contributed by atoms with van der Waals surface area (Å²) in [5, 5.41) is 11.1. The Bertz CT molecular complexity index is 537. The van der Waals surface area contributed by atoms with Gasteiger partial charge in [0.05, 0.1) is 5.69 Å². The van der Waals surface area contributed by atoms with Crippen molar-refractivity contribution in [1.82, 2.24) is 20.7 Å². The molecule has 1 atom stereocenters. The summed E-state index contributed by atoms with van der Waals surface area (Å²) in [5.74, 6) is 2.53. The number of likely N-dealkylation sites (tertiary alicyclic amines) is 1. The summed E-state index contributed by atoms with van der Waals surface area (Å²) in [7, 11) is 1.82. The molecule has 0 unspecified atom stereocenters. The van der Waals surface area contributed by atoms with E-state index in [9.17, 15) is 0 Å². The third-order valence-electron chi connectivity index (χ3n) is 4.87. The van der Waals surface area contributed by atoms with Crippen LogP contribution < -0.4 is 10.6 Å². The van der Waals surface area contributed by atoms with Gasteiger partial charge in [-0.05, 0) is 31.7 Å². The predicted molar refractivity (Wildman–Crippen MR) is 118 cm³/mol. The second kappa shape index (κ2) is 11.8. The van der Waals surface area contributed by atoms with Crippen LogP contribution in [0.4, 0.5) is 0 Å². The lowest BCUT2D eigenvalue weighted by atomic mass is 10.1. The van der Waals surface area contributed by atoms with Crippen LogP contribution in [0.1, 0.15) is 57.6 Å². The van der Waals surface area contributed by atoms with E-state index < -0.39 is 0 Å². The Kier molecular flexibility index (Phi) is 10.5. The molecule has 0 spiro atoms. The van der Waals surface area contributed by atoms with Gasteiger partial charge in [-0.2, -0.15) is 0 Å². The highest BCUT2D eigenvalue weighted by Gasteiger charge is 2.24. The number of rotatable bonds is 8. The maximum absolute atomic E-state index is 5.44. The highest BCUT2D eigenvalue weighted by atomic mass is 127. The van der Waals surface area contributed by atoms with Crippen molar-refractivity contribution in [1.29, 1.82) is 0 Å². The molecule has 0 radical (unpaired) electrons. The van der Waals surface area contributed by atoms with E-state index in [1.807, 2.05) is 7.05 Å². The van der Waals surface area contributed by atoms with E-state index in [2.05, 4.69) is 53.4 Å². The molecule has 1 aliphatic rings. The van der Waals surface area contributed by atoms with Crippen LogP contribution in [0.3, 0.4) is 0 Å². The zero-order valence-corrected chi connectivity index (χ0v) is 19.3. The van der Waals surface area contributed by atoms with E-state index in [-0.39, 0.29) is 24.0 Å². The Hall–Kier alpha value is -0.830. The minimum Gasteiger partial charge on any atom is -0.361 e. The Morgan fingerprint density at radius 1 is 1.31 bits per heavy atom. The van der Waals surface area contributed by atoms with E-state index >= 15 is 0 Å². The molecule has 0 aromatic carbocycles. The summed E-state index contributed by atoms with van der Waals surface area (Å²) in [6.45, 7) is 12.8. The van der Waals surface area contributed by atoms with Gasteiger partial charge in [0, 0.05) is 44.7 Å². The first-order chi connectivity index (χ1) is 12.1. The smallest absolute Gasteiger partial charge is 0.191 e. The Morgan fingerprint density at radius 2 is 2.08 bits per heavy atom. The highest BCUT2D eigenvalue weighted by Crippen LogP contribution is 2.18. The zero-order chi connectivity index (χ0) is 18.2. The van der Waals surface area contributed by atoms with E-state index in [1.54, 1.807) is 0 Å². The van der Waals surface area contributed by atoms with Crippen molar-refractivity contribution in [2.24, 2.45) is 10.9 Å². The quantitative estimate of drug-likeness (QED) is 0.342. The van der Waals surface area contributed by atoms with Crippen LogP contribution in [0.25, 0.3) is 0 Å². The molecule has 7 heteroatoms. The lowest BCUT2D eigenvalue weighted by Crippen LogP contribution is -2.45. The third kappa shape index (κ3) is 6.40. The molecule has 0 saturated carbocycles. The first-order valence-electron chi connectivity index (χ1n) is 9.73. The number of aryl methyl sites for hydroxylation is 2. The summed E-state index contributed by atoms with van der Waals surface area (Å²) in [6, 6.07) is 0.606. The Labute approximate surface area is 175 Å². The number of guanidine groups is 1. The van der Waals surface area contributed by atoms with Gasteiger partial charge in [0.15, 0.2) is 5.96 Å². The molecule has 1 fully saturated rings. The van der Waals surface area contributed by atoms with E-state index in [0.29, 0.717) is 18.5 Å². The van der Waals surface area contributed by atoms with Crippen molar-refractivity contribution in [3.05, 3.63) is 17.0 Å². The first kappa shape index (κ1) is 23.2. The highest BCUT2D eigenvalue weighted by molar-refractivity contribution is 14.0. The number of aromatic nitrogens is 1. The fraction of sp³-hybridized carbons (Fsp3) is 0.789. The molecule has 26 heavy (non-hydrogen) atoms. The lowest BCUT2D eigenvalue weighted by molar-refractivity contribution is 0.226. The van der Waals surface area contributed by atoms with Gasteiger partial charge in [0.25, 0.3) is 0 Å². The molecular weight excluding hydrogens is 441 g/mol. The van der Waals surface area contributed by atoms with Crippen LogP contribution >= 0.6 is 24.0 Å². The fourth-order valence-corrected chi connectivity index (χ4v) is 3.58. The van der Waals surface area contributed by atoms with Crippen molar-refractivity contribution in [2.75, 3.05) is 26.7 Å². The lowest BCUT2D eigenvalue weighted by Gasteiger charge is -2.27. The summed E-state index contributed by atoms with van der Waals surface area (Å²) >= 11 is 0. The fourth-order valence-electron chi connectivity index (χ4n) is 3.58. The average molecular weight is 477 g/mol. The number of halogens is 1. The summed E-state index contributed by atoms with van der Waals surface area (Å²) in [5.41, 5.74) is 2.22. The standard InChI is InChI=1S/C19H35N5O.HI/c1-6-17-16(18(7-2)25-23-17)12-22-19(20-5)21-11-15-9-8-10-24(15)13-14(3)4;/h14-15H,6-13H2,1-5H3,(H2,20,21,22);1H/t15-;/m1./s1. The van der Waals surface area contributed by atoms with Gasteiger partial charge in [0.1, 0.15) is 5.76 Å². The minimum absolute atomic E-state index is 0. The van der Waals surface area contributed by atoms with Crippen LogP contribution in [0.5, 0.6) is 0 Å². The maximum atomic E-state index is 5.44. The first-order valence-corrected chi connectivity index (χ1v) is 9.73. The zero-order valence-electron chi connectivity index (χ0n) is 17.0. The van der Waals surface area contributed by atoms with Crippen LogP contribution in [0.2, 0.25) is 0 Å². The number of hydrogen-bond acceptors (Lipinski definition) is 4. The Morgan fingerprint density at radius 3 is 2.69 bits per heavy atom. The minimum atomic E-state index is 0. The van der Waals surface area contributed by atoms with Gasteiger partial charge in [-0.1, -0.05) is 32.9 Å². The van der Waals surface area contributed by atoms with Gasteiger partial charge in [-0.25, -0.2) is 0 Å². The van der Waals surface area contributed by atoms with Crippen molar-refractivity contribution >= 4 is 29.9 Å². The second-order valence-corrected chi connectivity index (χ2v) is 7.23. The molecule has 1 aliphatic heterocycles. The largest absolute Gasteiger partial charge is 0.361 e. The molecule has 1 aromatic heterocycles. The number of hydrogen-bond donors (Lipinski definition) is 2. The predicted octanol–water partition coefficient (Wildman–Crippen LogP) is 3.20.